The molecule has 1 aliphatic heterocycles. The zero-order valence-electron chi connectivity index (χ0n) is 16.5. The molecular weight excluding hydrogens is 342 g/mol. The molecule has 5 nitrogen and oxygen atoms in total. The summed E-state index contributed by atoms with van der Waals surface area (Å²) in [6.07, 6.45) is 0.772. The molecule has 3 rings (SSSR count). The Morgan fingerprint density at radius 1 is 1.15 bits per heavy atom. The van der Waals surface area contributed by atoms with E-state index in [0.29, 0.717) is 12.0 Å². The number of ether oxygens (including phenoxy) is 3. The van der Waals surface area contributed by atoms with E-state index in [4.69, 9.17) is 14.2 Å². The number of benzene rings is 2. The first kappa shape index (κ1) is 19.1. The van der Waals surface area contributed by atoms with Crippen LogP contribution in [0.4, 0.5) is 0 Å². The van der Waals surface area contributed by atoms with Gasteiger partial charge < -0.3 is 19.5 Å². The molecule has 1 unspecified atom stereocenters. The molecule has 2 aromatic rings. The second kappa shape index (κ2) is 7.51. The van der Waals surface area contributed by atoms with Crippen LogP contribution in [0, 0.1) is 0 Å². The summed E-state index contributed by atoms with van der Waals surface area (Å²) in [5.74, 6) is 2.15. The number of rotatable bonds is 5. The first-order chi connectivity index (χ1) is 12.8. The zero-order chi connectivity index (χ0) is 19.6. The van der Waals surface area contributed by atoms with Gasteiger partial charge in [0.05, 0.1) is 19.3 Å². The Morgan fingerprint density at radius 3 is 2.44 bits per heavy atom. The zero-order valence-corrected chi connectivity index (χ0v) is 16.5. The van der Waals surface area contributed by atoms with Gasteiger partial charge in [-0.15, -0.1) is 0 Å². The lowest BCUT2D eigenvalue weighted by atomic mass is 9.89. The van der Waals surface area contributed by atoms with E-state index >= 15 is 0 Å². The fourth-order valence-electron chi connectivity index (χ4n) is 3.29. The van der Waals surface area contributed by atoms with E-state index in [1.807, 2.05) is 58.0 Å². The first-order valence-electron chi connectivity index (χ1n) is 9.22. The average molecular weight is 369 g/mol. The number of hydrogen-bond donors (Lipinski definition) is 1. The summed E-state index contributed by atoms with van der Waals surface area (Å²) in [7, 11) is 1.63. The third-order valence-corrected chi connectivity index (χ3v) is 4.47. The van der Waals surface area contributed by atoms with E-state index in [-0.39, 0.29) is 23.7 Å². The van der Waals surface area contributed by atoms with Crippen molar-refractivity contribution in [3.05, 3.63) is 53.6 Å². The van der Waals surface area contributed by atoms with Crippen LogP contribution in [0.1, 0.15) is 56.1 Å². The van der Waals surface area contributed by atoms with Gasteiger partial charge in [-0.3, -0.25) is 4.79 Å². The van der Waals surface area contributed by atoms with Crippen LogP contribution in [0.5, 0.6) is 17.2 Å². The molecule has 27 heavy (non-hydrogen) atoms. The highest BCUT2D eigenvalue weighted by Gasteiger charge is 2.35. The Hall–Kier alpha value is -2.69. The molecule has 1 N–H and O–H groups in total. The molecule has 0 radical (unpaired) electrons. The van der Waals surface area contributed by atoms with Crippen molar-refractivity contribution in [1.82, 2.24) is 5.32 Å². The predicted molar refractivity (Wildman–Crippen MR) is 105 cm³/mol. The number of amides is 1. The molecule has 1 aliphatic rings. The van der Waals surface area contributed by atoms with Crippen LogP contribution in [0.25, 0.3) is 0 Å². The topological polar surface area (TPSA) is 56.8 Å². The van der Waals surface area contributed by atoms with E-state index in [1.165, 1.54) is 0 Å². The van der Waals surface area contributed by atoms with Crippen molar-refractivity contribution >= 4 is 5.91 Å². The summed E-state index contributed by atoms with van der Waals surface area (Å²) >= 11 is 0. The largest absolute Gasteiger partial charge is 0.497 e. The van der Waals surface area contributed by atoms with Crippen molar-refractivity contribution in [2.45, 2.75) is 51.9 Å². The Bertz CT molecular complexity index is 812. The molecule has 0 saturated carbocycles. The predicted octanol–water partition coefficient (Wildman–Crippen LogP) is 4.51. The fraction of sp³-hybridized carbons (Fsp3) is 0.409. The smallest absolute Gasteiger partial charge is 0.251 e. The van der Waals surface area contributed by atoms with E-state index in [1.54, 1.807) is 19.2 Å². The molecule has 0 spiro atoms. The number of hydrogen-bond acceptors (Lipinski definition) is 4. The maximum Gasteiger partial charge on any atom is 0.251 e. The van der Waals surface area contributed by atoms with E-state index in [0.717, 1.165) is 22.8 Å². The van der Waals surface area contributed by atoms with Crippen molar-refractivity contribution in [3.8, 4) is 17.2 Å². The molecule has 0 saturated heterocycles. The molecule has 1 heterocycles. The van der Waals surface area contributed by atoms with Crippen molar-refractivity contribution in [3.63, 3.8) is 0 Å². The van der Waals surface area contributed by atoms with Crippen LogP contribution in [-0.2, 0) is 0 Å². The monoisotopic (exact) mass is 369 g/mol. The van der Waals surface area contributed by atoms with Crippen LogP contribution in [-0.4, -0.2) is 24.7 Å². The molecule has 144 valence electrons. The van der Waals surface area contributed by atoms with Gasteiger partial charge >= 0.3 is 0 Å². The minimum absolute atomic E-state index is 0.0978. The number of fused-ring (bicyclic) bond motifs is 1. The second-order valence-electron chi connectivity index (χ2n) is 7.69. The van der Waals surface area contributed by atoms with Gasteiger partial charge in [-0.1, -0.05) is 0 Å². The van der Waals surface area contributed by atoms with Crippen molar-refractivity contribution in [2.75, 3.05) is 7.11 Å². The van der Waals surface area contributed by atoms with Crippen LogP contribution in [0.2, 0.25) is 0 Å². The standard InChI is InChI=1S/C22H27NO4/c1-14(2)26-16-8-6-15(7-9-16)21(24)23-19-13-22(3,4)27-20-11-10-17(25-5)12-18(19)20/h6-12,14,19H,13H2,1-5H3,(H,23,24). The summed E-state index contributed by atoms with van der Waals surface area (Å²) in [5.41, 5.74) is 1.16. The molecule has 1 amide bonds. The van der Waals surface area contributed by atoms with Crippen LogP contribution < -0.4 is 19.5 Å². The van der Waals surface area contributed by atoms with Gasteiger partial charge in [0.25, 0.3) is 5.91 Å². The molecule has 5 heteroatoms. The van der Waals surface area contributed by atoms with Gasteiger partial charge in [0.1, 0.15) is 22.8 Å². The normalized spacial score (nSPS) is 17.6. The lowest BCUT2D eigenvalue weighted by Crippen LogP contribution is -2.41. The number of carbonyl (C=O) groups excluding carboxylic acids is 1. The Kier molecular flexibility index (Phi) is 5.31. The third-order valence-electron chi connectivity index (χ3n) is 4.47. The quantitative estimate of drug-likeness (QED) is 0.842. The van der Waals surface area contributed by atoms with Gasteiger partial charge in [-0.05, 0) is 70.2 Å². The third kappa shape index (κ3) is 4.54. The highest BCUT2D eigenvalue weighted by molar-refractivity contribution is 5.94. The molecular formula is C22H27NO4. The summed E-state index contributed by atoms with van der Waals surface area (Å²) in [6, 6.07) is 12.7. The van der Waals surface area contributed by atoms with Gasteiger partial charge in [-0.2, -0.15) is 0 Å². The van der Waals surface area contributed by atoms with E-state index in [2.05, 4.69) is 5.32 Å². The minimum Gasteiger partial charge on any atom is -0.497 e. The molecule has 1 atom stereocenters. The van der Waals surface area contributed by atoms with E-state index < -0.39 is 0 Å². The van der Waals surface area contributed by atoms with Crippen LogP contribution in [0.3, 0.4) is 0 Å². The van der Waals surface area contributed by atoms with Gasteiger partial charge in [0, 0.05) is 17.5 Å². The lowest BCUT2D eigenvalue weighted by molar-refractivity contribution is 0.0618. The molecule has 0 fully saturated rings. The molecule has 2 aromatic carbocycles. The highest BCUT2D eigenvalue weighted by atomic mass is 16.5. The fourth-order valence-corrected chi connectivity index (χ4v) is 3.29. The van der Waals surface area contributed by atoms with Gasteiger partial charge in [0.2, 0.25) is 0 Å². The molecule has 0 aromatic heterocycles. The minimum atomic E-state index is -0.367. The molecule has 0 aliphatic carbocycles. The van der Waals surface area contributed by atoms with Crippen molar-refractivity contribution in [1.29, 1.82) is 0 Å². The summed E-state index contributed by atoms with van der Waals surface area (Å²) in [6.45, 7) is 7.99. The Morgan fingerprint density at radius 2 is 1.81 bits per heavy atom. The SMILES string of the molecule is COc1ccc2c(c1)C(NC(=O)c1ccc(OC(C)C)cc1)CC(C)(C)O2. The maximum atomic E-state index is 12.8. The number of methoxy groups -OCH3 is 1. The Labute approximate surface area is 160 Å². The van der Waals surface area contributed by atoms with Crippen molar-refractivity contribution in [2.24, 2.45) is 0 Å². The highest BCUT2D eigenvalue weighted by Crippen LogP contribution is 2.41. The van der Waals surface area contributed by atoms with Crippen LogP contribution >= 0.6 is 0 Å². The van der Waals surface area contributed by atoms with Gasteiger partial charge in [-0.25, -0.2) is 0 Å². The number of nitrogens with one attached hydrogen (secondary N) is 1. The first-order valence-corrected chi connectivity index (χ1v) is 9.22. The second-order valence-corrected chi connectivity index (χ2v) is 7.69. The Balaban J connectivity index is 1.81. The van der Waals surface area contributed by atoms with Crippen LogP contribution in [0.15, 0.2) is 42.5 Å². The summed E-state index contributed by atoms with van der Waals surface area (Å²) < 4.78 is 17.0. The summed E-state index contributed by atoms with van der Waals surface area (Å²) in [4.78, 5) is 12.8. The average Bonchev–Trinajstić information content (AvgIpc) is 2.60. The lowest BCUT2D eigenvalue weighted by Gasteiger charge is -2.38. The van der Waals surface area contributed by atoms with Gasteiger partial charge in [0.15, 0.2) is 0 Å². The number of carbonyl (C=O) groups is 1. The maximum absolute atomic E-state index is 12.8. The summed E-state index contributed by atoms with van der Waals surface area (Å²) in [5, 5.41) is 3.14. The van der Waals surface area contributed by atoms with E-state index in [9.17, 15) is 4.79 Å². The van der Waals surface area contributed by atoms with Crippen molar-refractivity contribution < 1.29 is 19.0 Å². The molecule has 0 bridgehead atoms.